The third-order valence-electron chi connectivity index (χ3n) is 3.76. The zero-order chi connectivity index (χ0) is 18.0. The number of thiocarbonyl (C=S) groups is 1. The molecule has 0 saturated heterocycles. The number of nitrogens with zero attached hydrogens (tertiary/aromatic N) is 2. The maximum Gasteiger partial charge on any atom is 0.231 e. The van der Waals surface area contributed by atoms with Crippen LogP contribution in [0.15, 0.2) is 53.4 Å². The summed E-state index contributed by atoms with van der Waals surface area (Å²) in [6, 6.07) is 3.59. The molecular weight excluding hydrogens is 336 g/mol. The fraction of sp³-hybridized carbons (Fsp3) is 0.333. The predicted molar refractivity (Wildman–Crippen MR) is 100.0 cm³/mol. The fourth-order valence-electron chi connectivity index (χ4n) is 2.33. The Morgan fingerprint density at radius 2 is 2.00 bits per heavy atom. The average Bonchev–Trinajstić information content (AvgIpc) is 2.98. The molecule has 2 heterocycles. The van der Waals surface area contributed by atoms with Crippen LogP contribution in [0.3, 0.4) is 0 Å². The number of nitrogens with one attached hydrogen (secondary N) is 2. The first kappa shape index (κ1) is 17.3. The van der Waals surface area contributed by atoms with Gasteiger partial charge < -0.3 is 15.4 Å². The van der Waals surface area contributed by atoms with Crippen molar-refractivity contribution >= 4 is 29.1 Å². The fourth-order valence-corrected chi connectivity index (χ4v) is 2.55. The molecule has 25 heavy (non-hydrogen) atoms. The van der Waals surface area contributed by atoms with Gasteiger partial charge in [0.25, 0.3) is 0 Å². The van der Waals surface area contributed by atoms with Gasteiger partial charge in [0.1, 0.15) is 12.1 Å². The second-order valence-corrected chi connectivity index (χ2v) is 7.29. The van der Waals surface area contributed by atoms with Crippen molar-refractivity contribution in [3.8, 4) is 0 Å². The number of fused-ring (bicyclic) bond motifs is 1. The molecule has 0 fully saturated rings. The van der Waals surface area contributed by atoms with E-state index in [-0.39, 0.29) is 23.2 Å². The maximum atomic E-state index is 12.0. The molecule has 0 radical (unpaired) electrons. The number of pyridine rings is 1. The standard InChI is InChI=1S/C18H20N4O2S/c1-18(2,3)16(23)22-17(25)20-12-4-5-14-13(10-12)21-15(24-14)11-6-8-19-9-7-11/h4-10,13-14H,1-3H3,(H2,20,22,23,25)/t13-,14+/m1/s1. The van der Waals surface area contributed by atoms with Gasteiger partial charge in [-0.25, -0.2) is 4.99 Å². The van der Waals surface area contributed by atoms with Gasteiger partial charge in [0.2, 0.25) is 11.8 Å². The van der Waals surface area contributed by atoms with E-state index in [0.29, 0.717) is 5.90 Å². The summed E-state index contributed by atoms with van der Waals surface area (Å²) in [7, 11) is 0. The Kier molecular flexibility index (Phi) is 4.67. The van der Waals surface area contributed by atoms with Crippen LogP contribution in [-0.4, -0.2) is 34.0 Å². The lowest BCUT2D eigenvalue weighted by Crippen LogP contribution is -2.44. The van der Waals surface area contributed by atoms with Gasteiger partial charge >= 0.3 is 0 Å². The van der Waals surface area contributed by atoms with Crippen molar-refractivity contribution in [2.75, 3.05) is 0 Å². The smallest absolute Gasteiger partial charge is 0.231 e. The van der Waals surface area contributed by atoms with Crippen molar-refractivity contribution in [2.45, 2.75) is 32.9 Å². The summed E-state index contributed by atoms with van der Waals surface area (Å²) in [5, 5.41) is 5.99. The first-order chi connectivity index (χ1) is 11.8. The van der Waals surface area contributed by atoms with Crippen LogP contribution in [0.2, 0.25) is 0 Å². The average molecular weight is 356 g/mol. The van der Waals surface area contributed by atoms with E-state index in [2.05, 4.69) is 20.6 Å². The number of amides is 1. The minimum absolute atomic E-state index is 0.128. The number of aliphatic imine (C=N–C) groups is 1. The van der Waals surface area contributed by atoms with Gasteiger partial charge in [-0.1, -0.05) is 20.8 Å². The van der Waals surface area contributed by atoms with Crippen molar-refractivity contribution in [1.82, 2.24) is 15.6 Å². The van der Waals surface area contributed by atoms with E-state index in [1.54, 1.807) is 12.4 Å². The number of aromatic nitrogens is 1. The Balaban J connectivity index is 1.66. The molecule has 130 valence electrons. The molecule has 2 N–H and O–H groups in total. The van der Waals surface area contributed by atoms with Crippen LogP contribution in [0, 0.1) is 5.41 Å². The number of rotatable bonds is 2. The van der Waals surface area contributed by atoms with Crippen molar-refractivity contribution < 1.29 is 9.53 Å². The molecule has 2 atom stereocenters. The molecule has 1 aliphatic carbocycles. The van der Waals surface area contributed by atoms with Crippen molar-refractivity contribution in [1.29, 1.82) is 0 Å². The van der Waals surface area contributed by atoms with Gasteiger partial charge in [0, 0.05) is 29.1 Å². The molecule has 1 aromatic rings. The molecule has 0 saturated carbocycles. The Morgan fingerprint density at radius 1 is 1.28 bits per heavy atom. The van der Waals surface area contributed by atoms with Crippen LogP contribution in [0.4, 0.5) is 0 Å². The van der Waals surface area contributed by atoms with Crippen LogP contribution in [0.5, 0.6) is 0 Å². The minimum atomic E-state index is -0.503. The first-order valence-electron chi connectivity index (χ1n) is 8.00. The van der Waals surface area contributed by atoms with Crippen LogP contribution >= 0.6 is 12.2 Å². The second kappa shape index (κ2) is 6.76. The van der Waals surface area contributed by atoms with Gasteiger partial charge in [-0.2, -0.15) is 0 Å². The number of ether oxygens (including phenoxy) is 1. The lowest BCUT2D eigenvalue weighted by Gasteiger charge is -2.21. The molecule has 1 amide bonds. The summed E-state index contributed by atoms with van der Waals surface area (Å²) in [5.41, 5.74) is 1.17. The van der Waals surface area contributed by atoms with E-state index < -0.39 is 5.41 Å². The van der Waals surface area contributed by atoms with Crippen molar-refractivity contribution in [3.63, 3.8) is 0 Å². The molecule has 3 rings (SSSR count). The third kappa shape index (κ3) is 4.11. The summed E-state index contributed by atoms with van der Waals surface area (Å²) in [6.07, 6.45) is 9.03. The van der Waals surface area contributed by atoms with E-state index in [1.807, 2.05) is 51.1 Å². The summed E-state index contributed by atoms with van der Waals surface area (Å²) in [4.78, 5) is 20.6. The van der Waals surface area contributed by atoms with Crippen LogP contribution in [0.1, 0.15) is 26.3 Å². The summed E-state index contributed by atoms with van der Waals surface area (Å²) in [6.45, 7) is 5.50. The molecule has 0 spiro atoms. The number of carbonyl (C=O) groups is 1. The molecule has 1 aliphatic heterocycles. The Labute approximate surface area is 152 Å². The van der Waals surface area contributed by atoms with Crippen molar-refractivity contribution in [2.24, 2.45) is 10.4 Å². The molecular formula is C18H20N4O2S. The summed E-state index contributed by atoms with van der Waals surface area (Å²) >= 11 is 5.21. The molecule has 2 aliphatic rings. The Bertz CT molecular complexity index is 778. The third-order valence-corrected chi connectivity index (χ3v) is 3.96. The number of allylic oxidation sites excluding steroid dienone is 1. The van der Waals surface area contributed by atoms with E-state index >= 15 is 0 Å². The highest BCUT2D eigenvalue weighted by Gasteiger charge is 2.30. The highest BCUT2D eigenvalue weighted by molar-refractivity contribution is 7.80. The maximum absolute atomic E-state index is 12.0. The number of hydrogen-bond acceptors (Lipinski definition) is 5. The largest absolute Gasteiger partial charge is 0.467 e. The van der Waals surface area contributed by atoms with Gasteiger partial charge in [-0.3, -0.25) is 9.78 Å². The lowest BCUT2D eigenvalue weighted by molar-refractivity contribution is -0.126. The summed E-state index contributed by atoms with van der Waals surface area (Å²) in [5.74, 6) is 0.466. The highest BCUT2D eigenvalue weighted by Crippen LogP contribution is 2.24. The van der Waals surface area contributed by atoms with Gasteiger partial charge in [0.15, 0.2) is 5.11 Å². The highest BCUT2D eigenvalue weighted by atomic mass is 32.1. The summed E-state index contributed by atoms with van der Waals surface area (Å²) < 4.78 is 5.87. The topological polar surface area (TPSA) is 75.6 Å². The van der Waals surface area contributed by atoms with Crippen LogP contribution < -0.4 is 10.6 Å². The minimum Gasteiger partial charge on any atom is -0.467 e. The molecule has 0 aromatic carbocycles. The second-order valence-electron chi connectivity index (χ2n) is 6.88. The van der Waals surface area contributed by atoms with Gasteiger partial charge in [-0.05, 0) is 42.6 Å². The lowest BCUT2D eigenvalue weighted by atomic mass is 9.96. The van der Waals surface area contributed by atoms with E-state index in [9.17, 15) is 4.79 Å². The van der Waals surface area contributed by atoms with E-state index in [0.717, 1.165) is 11.3 Å². The van der Waals surface area contributed by atoms with Crippen LogP contribution in [-0.2, 0) is 9.53 Å². The van der Waals surface area contributed by atoms with Crippen molar-refractivity contribution in [3.05, 3.63) is 54.0 Å². The van der Waals surface area contributed by atoms with Gasteiger partial charge in [0.05, 0.1) is 0 Å². The SMILES string of the molecule is CC(C)(C)C(=O)NC(=S)NC1=C[C@H]2N=C(c3ccncc3)O[C@H]2C=C1. The zero-order valence-corrected chi connectivity index (χ0v) is 15.1. The molecule has 1 aromatic heterocycles. The Morgan fingerprint density at radius 3 is 2.68 bits per heavy atom. The van der Waals surface area contributed by atoms with Crippen LogP contribution in [0.25, 0.3) is 0 Å². The van der Waals surface area contributed by atoms with E-state index in [4.69, 9.17) is 17.0 Å². The Hall–Kier alpha value is -2.54. The predicted octanol–water partition coefficient (Wildman–Crippen LogP) is 2.09. The molecule has 6 nitrogen and oxygen atoms in total. The monoisotopic (exact) mass is 356 g/mol. The zero-order valence-electron chi connectivity index (χ0n) is 14.3. The van der Waals surface area contributed by atoms with Gasteiger partial charge in [-0.15, -0.1) is 0 Å². The molecule has 0 unspecified atom stereocenters. The number of hydrogen-bond donors (Lipinski definition) is 2. The molecule has 0 bridgehead atoms. The number of carbonyl (C=O) groups excluding carboxylic acids is 1. The normalized spacial score (nSPS) is 21.6. The first-order valence-corrected chi connectivity index (χ1v) is 8.41. The quantitative estimate of drug-likeness (QED) is 0.794. The molecule has 7 heteroatoms. The van der Waals surface area contributed by atoms with E-state index in [1.165, 1.54) is 0 Å².